The van der Waals surface area contributed by atoms with Crippen LogP contribution in [0.3, 0.4) is 0 Å². The van der Waals surface area contributed by atoms with E-state index in [1.165, 1.54) is 24.4 Å². The van der Waals surface area contributed by atoms with Gasteiger partial charge in [0.25, 0.3) is 0 Å². The van der Waals surface area contributed by atoms with Crippen molar-refractivity contribution >= 4 is 17.5 Å². The fraction of sp³-hybridized carbons (Fsp3) is 0.167. The molecule has 2 heterocycles. The minimum absolute atomic E-state index is 0.114. The van der Waals surface area contributed by atoms with Crippen molar-refractivity contribution in [2.24, 2.45) is 0 Å². The van der Waals surface area contributed by atoms with Crippen molar-refractivity contribution in [2.45, 2.75) is 13.5 Å². The molecule has 20 heavy (non-hydrogen) atoms. The molecule has 0 aromatic carbocycles. The Kier molecular flexibility index (Phi) is 3.65. The number of pyridine rings is 1. The smallest absolute Gasteiger partial charge is 0.363 e. The summed E-state index contributed by atoms with van der Waals surface area (Å²) >= 11 is 0. The van der Waals surface area contributed by atoms with Crippen LogP contribution in [0.25, 0.3) is 0 Å². The maximum Gasteiger partial charge on any atom is 0.363 e. The van der Waals surface area contributed by atoms with Gasteiger partial charge < -0.3 is 25.0 Å². The Balaban J connectivity index is 2.03. The monoisotopic (exact) mass is 277 g/mol. The number of nitrogens with zero attached hydrogens (tertiary/aromatic N) is 2. The number of hydrogen-bond donors (Lipinski definition) is 2. The number of rotatable bonds is 5. The standard InChI is InChI=1S/C12H11N3O5/c1-7-10(12(16)17)4-9(20-7)6-13-8-2-3-11(14-5-8)15(18)19/h2-5,13H,6H2,1H3,(H,16,17). The number of carboxylic acid groups (broad SMARTS) is 1. The van der Waals surface area contributed by atoms with Gasteiger partial charge in [-0.3, -0.25) is 0 Å². The molecule has 0 spiro atoms. The summed E-state index contributed by atoms with van der Waals surface area (Å²) in [5.41, 5.74) is 0.685. The van der Waals surface area contributed by atoms with Crippen LogP contribution in [0.1, 0.15) is 21.9 Å². The number of furan rings is 1. The summed E-state index contributed by atoms with van der Waals surface area (Å²) in [5, 5.41) is 22.3. The molecular weight excluding hydrogens is 266 g/mol. The van der Waals surface area contributed by atoms with Crippen LogP contribution < -0.4 is 5.32 Å². The van der Waals surface area contributed by atoms with Gasteiger partial charge in [-0.2, -0.15) is 0 Å². The summed E-state index contributed by atoms with van der Waals surface area (Å²) in [6.45, 7) is 1.83. The number of hydrogen-bond acceptors (Lipinski definition) is 6. The van der Waals surface area contributed by atoms with Gasteiger partial charge in [0.05, 0.1) is 12.2 Å². The van der Waals surface area contributed by atoms with Crippen molar-refractivity contribution in [1.29, 1.82) is 0 Å². The summed E-state index contributed by atoms with van der Waals surface area (Å²) in [6, 6.07) is 4.22. The molecule has 0 saturated heterocycles. The van der Waals surface area contributed by atoms with Crippen LogP contribution in [0, 0.1) is 17.0 Å². The minimum atomic E-state index is -1.05. The van der Waals surface area contributed by atoms with Crippen LogP contribution in [0.4, 0.5) is 11.5 Å². The van der Waals surface area contributed by atoms with E-state index in [0.717, 1.165) is 0 Å². The van der Waals surface area contributed by atoms with Gasteiger partial charge in [-0.1, -0.05) is 0 Å². The molecular formula is C12H11N3O5. The van der Waals surface area contributed by atoms with Gasteiger partial charge in [0.1, 0.15) is 17.1 Å². The third kappa shape index (κ3) is 2.91. The summed E-state index contributed by atoms with van der Waals surface area (Å²) in [6.07, 6.45) is 1.33. The van der Waals surface area contributed by atoms with Gasteiger partial charge in [0, 0.05) is 6.07 Å². The van der Waals surface area contributed by atoms with E-state index in [0.29, 0.717) is 17.2 Å². The zero-order valence-electron chi connectivity index (χ0n) is 10.5. The quantitative estimate of drug-likeness (QED) is 0.635. The second-order valence-electron chi connectivity index (χ2n) is 4.00. The predicted molar refractivity (Wildman–Crippen MR) is 68.6 cm³/mol. The fourth-order valence-corrected chi connectivity index (χ4v) is 1.63. The lowest BCUT2D eigenvalue weighted by Crippen LogP contribution is -2.00. The number of anilines is 1. The molecule has 2 aromatic rings. The van der Waals surface area contributed by atoms with Crippen molar-refractivity contribution in [1.82, 2.24) is 4.98 Å². The SMILES string of the molecule is Cc1oc(CNc2ccc([N+](=O)[O-])nc2)cc1C(=O)O. The normalized spacial score (nSPS) is 10.2. The first-order valence-corrected chi connectivity index (χ1v) is 5.64. The summed E-state index contributed by atoms with van der Waals surface area (Å²) in [5.74, 6) is -0.499. The van der Waals surface area contributed by atoms with Gasteiger partial charge in [-0.05, 0) is 29.0 Å². The molecule has 0 radical (unpaired) electrons. The summed E-state index contributed by atoms with van der Waals surface area (Å²) < 4.78 is 5.29. The topological polar surface area (TPSA) is 119 Å². The van der Waals surface area contributed by atoms with Crippen LogP contribution in [0.2, 0.25) is 0 Å². The highest BCUT2D eigenvalue weighted by Gasteiger charge is 2.13. The Morgan fingerprint density at radius 2 is 2.30 bits per heavy atom. The molecule has 2 N–H and O–H groups in total. The van der Waals surface area contributed by atoms with Gasteiger partial charge in [-0.25, -0.2) is 4.79 Å². The van der Waals surface area contributed by atoms with Crippen LogP contribution in [-0.4, -0.2) is 21.0 Å². The Morgan fingerprint density at radius 1 is 1.55 bits per heavy atom. The molecule has 0 aliphatic carbocycles. The Hall–Kier alpha value is -2.90. The van der Waals surface area contributed by atoms with E-state index in [4.69, 9.17) is 9.52 Å². The molecule has 0 bridgehead atoms. The van der Waals surface area contributed by atoms with E-state index in [-0.39, 0.29) is 17.9 Å². The average molecular weight is 277 g/mol. The van der Waals surface area contributed by atoms with Gasteiger partial charge >= 0.3 is 11.8 Å². The molecule has 2 aromatic heterocycles. The van der Waals surface area contributed by atoms with E-state index < -0.39 is 10.9 Å². The summed E-state index contributed by atoms with van der Waals surface area (Å²) in [4.78, 5) is 24.4. The third-order valence-electron chi connectivity index (χ3n) is 2.60. The molecule has 0 aliphatic heterocycles. The van der Waals surface area contributed by atoms with Crippen molar-refractivity contribution in [3.8, 4) is 0 Å². The van der Waals surface area contributed by atoms with Gasteiger partial charge in [0.15, 0.2) is 6.20 Å². The average Bonchev–Trinajstić information content (AvgIpc) is 2.78. The lowest BCUT2D eigenvalue weighted by molar-refractivity contribution is -0.389. The molecule has 104 valence electrons. The first-order valence-electron chi connectivity index (χ1n) is 5.64. The largest absolute Gasteiger partial charge is 0.478 e. The molecule has 0 fully saturated rings. The van der Waals surface area contributed by atoms with E-state index in [1.807, 2.05) is 0 Å². The highest BCUT2D eigenvalue weighted by atomic mass is 16.6. The maximum absolute atomic E-state index is 10.9. The molecule has 0 aliphatic rings. The highest BCUT2D eigenvalue weighted by Crippen LogP contribution is 2.17. The van der Waals surface area contributed by atoms with E-state index in [9.17, 15) is 14.9 Å². The molecule has 2 rings (SSSR count). The zero-order chi connectivity index (χ0) is 14.7. The number of nitro groups is 1. The fourth-order valence-electron chi connectivity index (χ4n) is 1.63. The second-order valence-corrected chi connectivity index (χ2v) is 4.00. The number of nitrogens with one attached hydrogen (secondary N) is 1. The number of carbonyl (C=O) groups is 1. The number of aromatic carboxylic acids is 1. The lowest BCUT2D eigenvalue weighted by atomic mass is 10.2. The van der Waals surface area contributed by atoms with Crippen LogP contribution >= 0.6 is 0 Å². The van der Waals surface area contributed by atoms with Crippen molar-refractivity contribution < 1.29 is 19.2 Å². The van der Waals surface area contributed by atoms with Crippen molar-refractivity contribution in [3.63, 3.8) is 0 Å². The van der Waals surface area contributed by atoms with Crippen LogP contribution in [0.15, 0.2) is 28.8 Å². The molecule has 0 atom stereocenters. The highest BCUT2D eigenvalue weighted by molar-refractivity contribution is 5.88. The number of carboxylic acids is 1. The number of aromatic nitrogens is 1. The Bertz CT molecular complexity index is 648. The molecule has 8 heteroatoms. The first kappa shape index (κ1) is 13.5. The van der Waals surface area contributed by atoms with Crippen molar-refractivity contribution in [3.05, 3.63) is 51.6 Å². The van der Waals surface area contributed by atoms with Crippen molar-refractivity contribution in [2.75, 3.05) is 5.32 Å². The molecule has 0 saturated carbocycles. The van der Waals surface area contributed by atoms with Crippen LogP contribution in [0.5, 0.6) is 0 Å². The van der Waals surface area contributed by atoms with E-state index in [2.05, 4.69) is 10.3 Å². The second kappa shape index (κ2) is 5.39. The predicted octanol–water partition coefficient (Wildman–Crippen LogP) is 2.20. The van der Waals surface area contributed by atoms with Crippen LogP contribution in [-0.2, 0) is 6.54 Å². The first-order chi connectivity index (χ1) is 9.47. The minimum Gasteiger partial charge on any atom is -0.478 e. The number of aryl methyl sites for hydroxylation is 1. The Labute approximate surface area is 113 Å². The van der Waals surface area contributed by atoms with Gasteiger partial charge in [-0.15, -0.1) is 0 Å². The molecule has 8 nitrogen and oxygen atoms in total. The zero-order valence-corrected chi connectivity index (χ0v) is 10.5. The lowest BCUT2D eigenvalue weighted by Gasteiger charge is -2.01. The van der Waals surface area contributed by atoms with E-state index >= 15 is 0 Å². The summed E-state index contributed by atoms with van der Waals surface area (Å²) in [7, 11) is 0. The Morgan fingerprint density at radius 3 is 2.80 bits per heavy atom. The molecule has 0 amide bonds. The maximum atomic E-state index is 10.9. The third-order valence-corrected chi connectivity index (χ3v) is 2.60. The van der Waals surface area contributed by atoms with Gasteiger partial charge in [0.2, 0.25) is 0 Å². The van der Waals surface area contributed by atoms with E-state index in [1.54, 1.807) is 6.92 Å². The molecule has 0 unspecified atom stereocenters.